The maximum absolute atomic E-state index is 12.8. The zero-order valence-electron chi connectivity index (χ0n) is 16.9. The lowest BCUT2D eigenvalue weighted by Gasteiger charge is -2.37. The number of piperazine rings is 1. The molecule has 0 aliphatic carbocycles. The molecule has 1 N–H and O–H groups in total. The molecule has 0 radical (unpaired) electrons. The zero-order chi connectivity index (χ0) is 21.0. The van der Waals surface area contributed by atoms with Crippen LogP contribution in [0.25, 0.3) is 0 Å². The van der Waals surface area contributed by atoms with Crippen LogP contribution in [-0.2, 0) is 4.79 Å². The van der Waals surface area contributed by atoms with Gasteiger partial charge >= 0.3 is 0 Å². The van der Waals surface area contributed by atoms with E-state index in [2.05, 4.69) is 10.2 Å². The molecule has 0 saturated carbocycles. The minimum atomic E-state index is -0.216. The van der Waals surface area contributed by atoms with Crippen molar-refractivity contribution in [2.75, 3.05) is 36.4 Å². The number of nitrogens with zero attached hydrogens (tertiary/aromatic N) is 2. The molecule has 1 heterocycles. The number of amides is 2. The Balaban J connectivity index is 1.75. The topological polar surface area (TPSA) is 61.9 Å². The number of carbonyl (C=O) groups is 2. The number of rotatable bonds is 5. The van der Waals surface area contributed by atoms with Gasteiger partial charge in [-0.25, -0.2) is 0 Å². The van der Waals surface area contributed by atoms with Crippen molar-refractivity contribution in [3.8, 4) is 5.75 Å². The number of nitrogens with one attached hydrogen (secondary N) is 1. The van der Waals surface area contributed by atoms with Gasteiger partial charge in [-0.3, -0.25) is 9.59 Å². The monoisotopic (exact) mass is 415 g/mol. The predicted octanol–water partition coefficient (Wildman–Crippen LogP) is 4.05. The fourth-order valence-corrected chi connectivity index (χ4v) is 3.63. The molecule has 3 rings (SSSR count). The molecule has 0 unspecified atom stereocenters. The van der Waals surface area contributed by atoms with Crippen molar-refractivity contribution in [2.45, 2.75) is 26.9 Å². The van der Waals surface area contributed by atoms with Gasteiger partial charge in [0.15, 0.2) is 0 Å². The van der Waals surface area contributed by atoms with Crippen LogP contribution in [0.4, 0.5) is 11.4 Å². The van der Waals surface area contributed by atoms with Crippen LogP contribution in [0.5, 0.6) is 5.75 Å². The number of benzene rings is 2. The first-order valence-corrected chi connectivity index (χ1v) is 10.1. The number of hydrogen-bond donors (Lipinski definition) is 1. The van der Waals surface area contributed by atoms with E-state index in [9.17, 15) is 9.59 Å². The molecule has 2 amide bonds. The Hall–Kier alpha value is -2.73. The number of para-hydroxylation sites is 1. The molecule has 1 aliphatic rings. The second-order valence-corrected chi connectivity index (χ2v) is 7.68. The third-order valence-corrected chi connectivity index (χ3v) is 5.07. The minimum Gasteiger partial charge on any atom is -0.491 e. The second-order valence-electron chi connectivity index (χ2n) is 7.27. The summed E-state index contributed by atoms with van der Waals surface area (Å²) in [5, 5.41) is 3.54. The van der Waals surface area contributed by atoms with Gasteiger partial charge in [-0.05, 0) is 50.2 Å². The summed E-state index contributed by atoms with van der Waals surface area (Å²) in [5.74, 6) is 0.581. The first-order valence-electron chi connectivity index (χ1n) is 9.72. The average Bonchev–Trinajstić information content (AvgIpc) is 2.68. The summed E-state index contributed by atoms with van der Waals surface area (Å²) in [4.78, 5) is 28.3. The minimum absolute atomic E-state index is 0.0715. The highest BCUT2D eigenvalue weighted by atomic mass is 35.5. The Morgan fingerprint density at radius 1 is 1.03 bits per heavy atom. The Morgan fingerprint density at radius 3 is 2.28 bits per heavy atom. The van der Waals surface area contributed by atoms with Crippen molar-refractivity contribution in [3.05, 3.63) is 53.1 Å². The van der Waals surface area contributed by atoms with Gasteiger partial charge in [0.25, 0.3) is 5.91 Å². The first kappa shape index (κ1) is 21.0. The first-order chi connectivity index (χ1) is 13.8. The summed E-state index contributed by atoms with van der Waals surface area (Å²) < 4.78 is 5.62. The summed E-state index contributed by atoms with van der Waals surface area (Å²) in [7, 11) is 0. The lowest BCUT2D eigenvalue weighted by atomic mass is 10.1. The maximum Gasteiger partial charge on any atom is 0.255 e. The highest BCUT2D eigenvalue weighted by Crippen LogP contribution is 2.35. The van der Waals surface area contributed by atoms with Crippen molar-refractivity contribution in [3.63, 3.8) is 0 Å². The number of carbonyl (C=O) groups excluding carboxylic acids is 2. The largest absolute Gasteiger partial charge is 0.491 e. The van der Waals surface area contributed by atoms with E-state index < -0.39 is 0 Å². The number of ether oxygens (including phenoxy) is 1. The van der Waals surface area contributed by atoms with Gasteiger partial charge in [0, 0.05) is 38.7 Å². The third kappa shape index (κ3) is 5.21. The molecule has 1 aliphatic heterocycles. The van der Waals surface area contributed by atoms with E-state index in [-0.39, 0.29) is 17.9 Å². The van der Waals surface area contributed by atoms with Crippen LogP contribution in [0.2, 0.25) is 5.02 Å². The van der Waals surface area contributed by atoms with Gasteiger partial charge in [-0.2, -0.15) is 0 Å². The van der Waals surface area contributed by atoms with Crippen LogP contribution in [0.1, 0.15) is 31.1 Å². The molecule has 1 saturated heterocycles. The van der Waals surface area contributed by atoms with Crippen molar-refractivity contribution < 1.29 is 14.3 Å². The lowest BCUT2D eigenvalue weighted by molar-refractivity contribution is -0.129. The fourth-order valence-electron chi connectivity index (χ4n) is 3.33. The lowest BCUT2D eigenvalue weighted by Crippen LogP contribution is -2.48. The van der Waals surface area contributed by atoms with Crippen LogP contribution in [0, 0.1) is 0 Å². The van der Waals surface area contributed by atoms with E-state index in [1.807, 2.05) is 36.9 Å². The molecule has 0 bridgehead atoms. The predicted molar refractivity (Wildman–Crippen MR) is 116 cm³/mol. The van der Waals surface area contributed by atoms with Crippen molar-refractivity contribution in [1.82, 2.24) is 4.90 Å². The van der Waals surface area contributed by atoms with Crippen molar-refractivity contribution in [2.24, 2.45) is 0 Å². The summed E-state index contributed by atoms with van der Waals surface area (Å²) in [6.07, 6.45) is 0.0761. The van der Waals surface area contributed by atoms with E-state index in [4.69, 9.17) is 16.3 Å². The van der Waals surface area contributed by atoms with E-state index >= 15 is 0 Å². The van der Waals surface area contributed by atoms with Crippen LogP contribution in [-0.4, -0.2) is 49.0 Å². The number of anilines is 2. The molecule has 29 heavy (non-hydrogen) atoms. The Bertz CT molecular complexity index is 875. The van der Waals surface area contributed by atoms with Gasteiger partial charge in [0.2, 0.25) is 5.91 Å². The van der Waals surface area contributed by atoms with Gasteiger partial charge in [-0.15, -0.1) is 0 Å². The van der Waals surface area contributed by atoms with Crippen LogP contribution >= 0.6 is 11.6 Å². The highest BCUT2D eigenvalue weighted by molar-refractivity contribution is 6.34. The SMILES string of the molecule is CC(=O)N1CCN(c2c(Cl)cccc2NC(=O)c2ccc(OC(C)C)cc2)CC1. The van der Waals surface area contributed by atoms with E-state index in [1.54, 1.807) is 31.2 Å². The van der Waals surface area contributed by atoms with Gasteiger partial charge in [0.1, 0.15) is 5.75 Å². The number of halogens is 1. The van der Waals surface area contributed by atoms with E-state index in [0.717, 1.165) is 11.4 Å². The summed E-state index contributed by atoms with van der Waals surface area (Å²) in [5.41, 5.74) is 1.97. The van der Waals surface area contributed by atoms with Crippen LogP contribution in [0.3, 0.4) is 0 Å². The third-order valence-electron chi connectivity index (χ3n) is 4.76. The second kappa shape index (κ2) is 9.18. The van der Waals surface area contributed by atoms with Gasteiger partial charge in [0.05, 0.1) is 22.5 Å². The Kier molecular flexibility index (Phi) is 6.64. The molecule has 6 nitrogen and oxygen atoms in total. The van der Waals surface area contributed by atoms with Crippen molar-refractivity contribution >= 4 is 34.8 Å². The quantitative estimate of drug-likeness (QED) is 0.800. The van der Waals surface area contributed by atoms with E-state index in [1.165, 1.54) is 0 Å². The summed E-state index contributed by atoms with van der Waals surface area (Å²) in [6.45, 7) is 8.07. The van der Waals surface area contributed by atoms with Crippen molar-refractivity contribution in [1.29, 1.82) is 0 Å². The van der Waals surface area contributed by atoms with Gasteiger partial charge in [-0.1, -0.05) is 17.7 Å². The standard InChI is InChI=1S/C22H26ClN3O3/c1-15(2)29-18-9-7-17(8-10-18)22(28)24-20-6-4-5-19(23)21(20)26-13-11-25(12-14-26)16(3)27/h4-10,15H,11-14H2,1-3H3,(H,24,28). The fraction of sp³-hybridized carbons (Fsp3) is 0.364. The number of hydrogen-bond acceptors (Lipinski definition) is 4. The summed E-state index contributed by atoms with van der Waals surface area (Å²) in [6, 6.07) is 12.5. The molecule has 0 aromatic heterocycles. The molecular weight excluding hydrogens is 390 g/mol. The van der Waals surface area contributed by atoms with Crippen LogP contribution in [0.15, 0.2) is 42.5 Å². The molecule has 2 aromatic carbocycles. The van der Waals surface area contributed by atoms with Gasteiger partial charge < -0.3 is 19.9 Å². The van der Waals surface area contributed by atoms with Crippen LogP contribution < -0.4 is 15.0 Å². The molecule has 1 fully saturated rings. The highest BCUT2D eigenvalue weighted by Gasteiger charge is 2.23. The van der Waals surface area contributed by atoms with E-state index in [0.29, 0.717) is 42.5 Å². The normalized spacial score (nSPS) is 14.1. The molecule has 2 aromatic rings. The Morgan fingerprint density at radius 2 is 1.69 bits per heavy atom. The smallest absolute Gasteiger partial charge is 0.255 e. The molecular formula is C22H26ClN3O3. The summed E-state index contributed by atoms with van der Waals surface area (Å²) >= 11 is 6.47. The average molecular weight is 416 g/mol. The molecule has 0 spiro atoms. The zero-order valence-corrected chi connectivity index (χ0v) is 17.7. The Labute approximate surface area is 176 Å². The molecule has 154 valence electrons. The molecule has 0 atom stereocenters. The molecule has 7 heteroatoms. The maximum atomic E-state index is 12.8.